The number of amides is 1. The van der Waals surface area contributed by atoms with Crippen LogP contribution in [0, 0.1) is 0 Å². The number of carbonyl (C=O) groups is 1. The first-order chi connectivity index (χ1) is 15.3. The smallest absolute Gasteiger partial charge is 0.389 e. The van der Waals surface area contributed by atoms with Crippen molar-refractivity contribution in [1.82, 2.24) is 4.98 Å². The van der Waals surface area contributed by atoms with Gasteiger partial charge in [0, 0.05) is 42.6 Å². The van der Waals surface area contributed by atoms with E-state index in [0.717, 1.165) is 22.5 Å². The molecular weight excluding hydrogens is 439 g/mol. The monoisotopic (exact) mass is 463 g/mol. The summed E-state index contributed by atoms with van der Waals surface area (Å²) in [7, 11) is 0. The van der Waals surface area contributed by atoms with Gasteiger partial charge in [-0.05, 0) is 42.2 Å². The molecule has 0 aliphatic heterocycles. The lowest BCUT2D eigenvalue weighted by Crippen LogP contribution is -2.12. The van der Waals surface area contributed by atoms with Crippen LogP contribution in [-0.4, -0.2) is 28.8 Å². The number of carbonyl (C=O) groups excluding carboxylic acids is 1. The minimum atomic E-state index is -4.14. The highest BCUT2D eigenvalue weighted by Crippen LogP contribution is 2.25. The normalized spacial score (nSPS) is 11.4. The molecule has 0 aliphatic rings. The number of benzene rings is 2. The molecule has 0 spiro atoms. The van der Waals surface area contributed by atoms with E-state index < -0.39 is 12.6 Å². The Morgan fingerprint density at radius 2 is 1.81 bits per heavy atom. The number of anilines is 2. The van der Waals surface area contributed by atoms with Crippen molar-refractivity contribution in [2.75, 3.05) is 17.2 Å². The first-order valence-electron chi connectivity index (χ1n) is 10.2. The zero-order valence-corrected chi connectivity index (χ0v) is 18.1. The first kappa shape index (κ1) is 23.7. The van der Waals surface area contributed by atoms with Crippen LogP contribution in [0.4, 0.5) is 24.0 Å². The molecule has 3 N–H and O–H groups in total. The third-order valence-corrected chi connectivity index (χ3v) is 5.57. The van der Waals surface area contributed by atoms with Gasteiger partial charge in [0.05, 0.1) is 5.69 Å². The number of rotatable bonds is 10. The SMILES string of the molecule is O=C(Nc1nc(CCO)cs1)c1ccc(CNc2ccccc2CCCC(F)(F)F)cc1. The predicted octanol–water partition coefficient (Wildman–Crippen LogP) is 5.43. The molecule has 170 valence electrons. The third-order valence-electron chi connectivity index (χ3n) is 4.76. The highest BCUT2D eigenvalue weighted by atomic mass is 32.1. The molecule has 0 aliphatic carbocycles. The van der Waals surface area contributed by atoms with Crippen LogP contribution in [0.25, 0.3) is 0 Å². The Morgan fingerprint density at radius 3 is 2.53 bits per heavy atom. The number of halogens is 3. The Labute approximate surface area is 188 Å². The van der Waals surface area contributed by atoms with E-state index in [-0.39, 0.29) is 18.9 Å². The maximum absolute atomic E-state index is 12.4. The van der Waals surface area contributed by atoms with E-state index in [4.69, 9.17) is 5.11 Å². The van der Waals surface area contributed by atoms with Gasteiger partial charge in [-0.25, -0.2) is 4.98 Å². The summed E-state index contributed by atoms with van der Waals surface area (Å²) in [6, 6.07) is 14.4. The largest absolute Gasteiger partial charge is 0.396 e. The van der Waals surface area contributed by atoms with Gasteiger partial charge < -0.3 is 10.4 Å². The molecular formula is C23H24F3N3O2S. The van der Waals surface area contributed by atoms with E-state index in [0.29, 0.717) is 30.1 Å². The van der Waals surface area contributed by atoms with E-state index >= 15 is 0 Å². The van der Waals surface area contributed by atoms with Crippen LogP contribution < -0.4 is 10.6 Å². The molecule has 0 fully saturated rings. The van der Waals surface area contributed by atoms with Crippen LogP contribution in [0.1, 0.15) is 40.0 Å². The number of aliphatic hydroxyl groups is 1. The Hall–Kier alpha value is -2.91. The number of aryl methyl sites for hydroxylation is 1. The third kappa shape index (κ3) is 7.35. The van der Waals surface area contributed by atoms with E-state index in [1.807, 2.05) is 36.4 Å². The second-order valence-electron chi connectivity index (χ2n) is 7.25. The molecule has 1 heterocycles. The quantitative estimate of drug-likeness (QED) is 0.375. The van der Waals surface area contributed by atoms with Gasteiger partial charge >= 0.3 is 6.18 Å². The molecule has 0 saturated heterocycles. The summed E-state index contributed by atoms with van der Waals surface area (Å²) in [5.41, 5.74) is 3.80. The van der Waals surface area contributed by atoms with Crippen molar-refractivity contribution >= 4 is 28.1 Å². The van der Waals surface area contributed by atoms with E-state index in [1.165, 1.54) is 11.3 Å². The lowest BCUT2D eigenvalue weighted by molar-refractivity contribution is -0.135. The van der Waals surface area contributed by atoms with Crippen LogP contribution in [0.15, 0.2) is 53.9 Å². The van der Waals surface area contributed by atoms with Gasteiger partial charge in [-0.3, -0.25) is 10.1 Å². The van der Waals surface area contributed by atoms with Crippen molar-refractivity contribution in [3.63, 3.8) is 0 Å². The molecule has 0 atom stereocenters. The average Bonchev–Trinajstić information content (AvgIpc) is 3.19. The lowest BCUT2D eigenvalue weighted by atomic mass is 10.1. The zero-order valence-electron chi connectivity index (χ0n) is 17.3. The molecule has 0 saturated carbocycles. The molecule has 32 heavy (non-hydrogen) atoms. The second kappa shape index (κ2) is 11.1. The Kier molecular flexibility index (Phi) is 8.24. The van der Waals surface area contributed by atoms with Crippen molar-refractivity contribution in [2.45, 2.75) is 38.4 Å². The lowest BCUT2D eigenvalue weighted by Gasteiger charge is -2.13. The topological polar surface area (TPSA) is 74.2 Å². The van der Waals surface area contributed by atoms with Crippen LogP contribution >= 0.6 is 11.3 Å². The number of aromatic nitrogens is 1. The molecule has 3 rings (SSSR count). The van der Waals surface area contributed by atoms with Crippen LogP contribution in [-0.2, 0) is 19.4 Å². The fourth-order valence-corrected chi connectivity index (χ4v) is 3.86. The highest BCUT2D eigenvalue weighted by molar-refractivity contribution is 7.14. The number of nitrogens with one attached hydrogen (secondary N) is 2. The number of alkyl halides is 3. The molecule has 9 heteroatoms. The van der Waals surface area contributed by atoms with Gasteiger partial charge in [0.2, 0.25) is 0 Å². The highest BCUT2D eigenvalue weighted by Gasteiger charge is 2.26. The van der Waals surface area contributed by atoms with Gasteiger partial charge in [-0.1, -0.05) is 30.3 Å². The molecule has 2 aromatic carbocycles. The van der Waals surface area contributed by atoms with Gasteiger partial charge in [0.1, 0.15) is 0 Å². The molecule has 0 unspecified atom stereocenters. The average molecular weight is 464 g/mol. The number of hydrogen-bond acceptors (Lipinski definition) is 5. The molecule has 1 aromatic heterocycles. The maximum Gasteiger partial charge on any atom is 0.389 e. The summed E-state index contributed by atoms with van der Waals surface area (Å²) in [6.07, 6.45) is -4.10. The molecule has 0 bridgehead atoms. The standard InChI is InChI=1S/C23H24F3N3O2S/c24-23(25,26)12-3-5-17-4-1-2-6-20(17)27-14-16-7-9-18(10-8-16)21(31)29-22-28-19(11-13-30)15-32-22/h1-2,4,6-10,15,27,30H,3,5,11-14H2,(H,28,29,31). The number of nitrogens with zero attached hydrogens (tertiary/aromatic N) is 1. The molecule has 5 nitrogen and oxygen atoms in total. The fourth-order valence-electron chi connectivity index (χ4n) is 3.12. The van der Waals surface area contributed by atoms with Crippen molar-refractivity contribution in [1.29, 1.82) is 0 Å². The molecule has 0 radical (unpaired) electrons. The van der Waals surface area contributed by atoms with Crippen molar-refractivity contribution in [3.05, 3.63) is 76.3 Å². The number of para-hydroxylation sites is 1. The first-order valence-corrected chi connectivity index (χ1v) is 11.1. The number of hydrogen-bond donors (Lipinski definition) is 3. The summed E-state index contributed by atoms with van der Waals surface area (Å²) in [5.74, 6) is -0.274. The summed E-state index contributed by atoms with van der Waals surface area (Å²) in [6.45, 7) is 0.486. The maximum atomic E-state index is 12.4. The van der Waals surface area contributed by atoms with Crippen LogP contribution in [0.3, 0.4) is 0 Å². The van der Waals surface area contributed by atoms with Gasteiger partial charge in [-0.2, -0.15) is 13.2 Å². The summed E-state index contributed by atoms with van der Waals surface area (Å²) >= 11 is 1.30. The second-order valence-corrected chi connectivity index (χ2v) is 8.11. The van der Waals surface area contributed by atoms with Crippen molar-refractivity contribution in [3.8, 4) is 0 Å². The van der Waals surface area contributed by atoms with E-state index in [1.54, 1.807) is 17.5 Å². The van der Waals surface area contributed by atoms with Crippen LogP contribution in [0.5, 0.6) is 0 Å². The van der Waals surface area contributed by atoms with Gasteiger partial charge in [-0.15, -0.1) is 11.3 Å². The Balaban J connectivity index is 1.54. The number of aliphatic hydroxyl groups excluding tert-OH is 1. The molecule has 3 aromatic rings. The summed E-state index contributed by atoms with van der Waals surface area (Å²) in [5, 5.41) is 17.2. The van der Waals surface area contributed by atoms with Gasteiger partial charge in [0.15, 0.2) is 5.13 Å². The van der Waals surface area contributed by atoms with Gasteiger partial charge in [0.25, 0.3) is 5.91 Å². The fraction of sp³-hybridized carbons (Fsp3) is 0.304. The van der Waals surface area contributed by atoms with Crippen LogP contribution in [0.2, 0.25) is 0 Å². The zero-order chi connectivity index (χ0) is 23.0. The summed E-state index contributed by atoms with van der Waals surface area (Å²) < 4.78 is 37.2. The van der Waals surface area contributed by atoms with Crippen molar-refractivity contribution < 1.29 is 23.1 Å². The molecule has 1 amide bonds. The van der Waals surface area contributed by atoms with Crippen molar-refractivity contribution in [2.24, 2.45) is 0 Å². The van der Waals surface area contributed by atoms with E-state index in [9.17, 15) is 18.0 Å². The van der Waals surface area contributed by atoms with E-state index in [2.05, 4.69) is 15.6 Å². The summed E-state index contributed by atoms with van der Waals surface area (Å²) in [4.78, 5) is 16.6. The Bertz CT molecular complexity index is 1020. The number of thiazole rings is 1. The minimum absolute atomic E-state index is 0.00461. The predicted molar refractivity (Wildman–Crippen MR) is 120 cm³/mol. The Morgan fingerprint density at radius 1 is 1.06 bits per heavy atom. The minimum Gasteiger partial charge on any atom is -0.396 e.